The number of rotatable bonds is 3. The summed E-state index contributed by atoms with van der Waals surface area (Å²) in [5.41, 5.74) is 4.09. The number of fused-ring (bicyclic) bond motifs is 1. The lowest BCUT2D eigenvalue weighted by molar-refractivity contribution is 0.0601. The zero-order valence-electron chi connectivity index (χ0n) is 13.6. The van der Waals surface area contributed by atoms with Crippen molar-refractivity contribution in [1.29, 1.82) is 0 Å². The smallest absolute Gasteiger partial charge is 0.341 e. The van der Waals surface area contributed by atoms with Gasteiger partial charge in [-0.2, -0.15) is 0 Å². The van der Waals surface area contributed by atoms with Gasteiger partial charge in [-0.3, -0.25) is 0 Å². The van der Waals surface area contributed by atoms with E-state index in [0.717, 1.165) is 22.3 Å². The second-order valence-electron chi connectivity index (χ2n) is 5.45. The van der Waals surface area contributed by atoms with Crippen LogP contribution in [0.1, 0.15) is 21.6 Å². The molecule has 5 nitrogen and oxygen atoms in total. The molecular weight excluding hydrogens is 326 g/mol. The van der Waals surface area contributed by atoms with Crippen molar-refractivity contribution in [1.82, 2.24) is 9.97 Å². The average molecular weight is 342 g/mol. The number of nitrogens with one attached hydrogen (secondary N) is 1. The molecule has 2 heterocycles. The summed E-state index contributed by atoms with van der Waals surface area (Å²) in [7, 11) is 1.34. The van der Waals surface area contributed by atoms with Gasteiger partial charge in [-0.05, 0) is 43.7 Å². The van der Waals surface area contributed by atoms with E-state index < -0.39 is 5.97 Å². The minimum atomic E-state index is -0.467. The van der Waals surface area contributed by atoms with Crippen molar-refractivity contribution in [3.63, 3.8) is 0 Å². The monoisotopic (exact) mass is 341 g/mol. The molecule has 3 rings (SSSR count). The molecule has 24 heavy (non-hydrogen) atoms. The molecular formula is C18H16ClN3O2. The highest BCUT2D eigenvalue weighted by Crippen LogP contribution is 2.30. The highest BCUT2D eigenvalue weighted by molar-refractivity contribution is 6.31. The summed E-state index contributed by atoms with van der Waals surface area (Å²) < 4.78 is 4.86. The van der Waals surface area contributed by atoms with Crippen LogP contribution in [0.2, 0.25) is 5.02 Å². The Morgan fingerprint density at radius 2 is 2.00 bits per heavy atom. The topological polar surface area (TPSA) is 64.1 Å². The molecule has 0 fully saturated rings. The maximum atomic E-state index is 12.1. The number of halogens is 1. The molecule has 0 aliphatic rings. The standard InChI is InChI=1S/C18H16ClN3O2/c1-10-4-6-12(8-15(10)19)22-16-13-7-5-11(2)21-17(13)20-9-14(16)18(23)24-3/h4-9H,1-3H3,(H,20,21,22). The molecule has 1 aromatic carbocycles. The van der Waals surface area contributed by atoms with Gasteiger partial charge >= 0.3 is 5.97 Å². The maximum Gasteiger partial charge on any atom is 0.341 e. The number of anilines is 2. The first-order chi connectivity index (χ1) is 11.5. The minimum Gasteiger partial charge on any atom is -0.465 e. The zero-order valence-corrected chi connectivity index (χ0v) is 14.3. The predicted molar refractivity (Wildman–Crippen MR) is 95.1 cm³/mol. The third-order valence-corrected chi connectivity index (χ3v) is 4.12. The van der Waals surface area contributed by atoms with E-state index in [4.69, 9.17) is 16.3 Å². The van der Waals surface area contributed by atoms with E-state index >= 15 is 0 Å². The first-order valence-corrected chi connectivity index (χ1v) is 7.75. The second-order valence-corrected chi connectivity index (χ2v) is 5.86. The van der Waals surface area contributed by atoms with Crippen LogP contribution in [0, 0.1) is 13.8 Å². The maximum absolute atomic E-state index is 12.1. The van der Waals surface area contributed by atoms with E-state index in [1.54, 1.807) is 0 Å². The molecule has 0 saturated heterocycles. The lowest BCUT2D eigenvalue weighted by atomic mass is 10.1. The van der Waals surface area contributed by atoms with Crippen molar-refractivity contribution in [2.45, 2.75) is 13.8 Å². The van der Waals surface area contributed by atoms with Gasteiger partial charge in [0.15, 0.2) is 5.65 Å². The minimum absolute atomic E-state index is 0.340. The van der Waals surface area contributed by atoms with E-state index in [1.165, 1.54) is 13.3 Å². The zero-order chi connectivity index (χ0) is 17.3. The number of hydrogen-bond acceptors (Lipinski definition) is 5. The number of carbonyl (C=O) groups is 1. The van der Waals surface area contributed by atoms with E-state index in [9.17, 15) is 4.79 Å². The lowest BCUT2D eigenvalue weighted by Gasteiger charge is -2.14. The van der Waals surface area contributed by atoms with Crippen LogP contribution < -0.4 is 5.32 Å². The van der Waals surface area contributed by atoms with Gasteiger partial charge in [0.05, 0.1) is 12.8 Å². The molecule has 3 aromatic rings. The van der Waals surface area contributed by atoms with E-state index in [0.29, 0.717) is 21.9 Å². The van der Waals surface area contributed by atoms with Crippen molar-refractivity contribution in [3.05, 3.63) is 58.4 Å². The fourth-order valence-corrected chi connectivity index (χ4v) is 2.57. The molecule has 1 N–H and O–H groups in total. The molecule has 0 saturated carbocycles. The van der Waals surface area contributed by atoms with Crippen molar-refractivity contribution in [2.24, 2.45) is 0 Å². The third-order valence-electron chi connectivity index (χ3n) is 3.72. The fraction of sp³-hybridized carbons (Fsp3) is 0.167. The number of carbonyl (C=O) groups excluding carboxylic acids is 1. The van der Waals surface area contributed by atoms with Gasteiger partial charge < -0.3 is 10.1 Å². The van der Waals surface area contributed by atoms with Gasteiger partial charge in [0.2, 0.25) is 0 Å². The number of methoxy groups -OCH3 is 1. The number of ether oxygens (including phenoxy) is 1. The fourth-order valence-electron chi connectivity index (χ4n) is 2.39. The van der Waals surface area contributed by atoms with Gasteiger partial charge in [0.1, 0.15) is 5.56 Å². The molecule has 2 aromatic heterocycles. The number of esters is 1. The molecule has 0 unspecified atom stereocenters. The quantitative estimate of drug-likeness (QED) is 0.714. The van der Waals surface area contributed by atoms with Crippen molar-refractivity contribution < 1.29 is 9.53 Å². The van der Waals surface area contributed by atoms with Crippen LogP contribution in [0.4, 0.5) is 11.4 Å². The average Bonchev–Trinajstić information content (AvgIpc) is 2.57. The predicted octanol–water partition coefficient (Wildman–Crippen LogP) is 4.43. The molecule has 0 aliphatic carbocycles. The summed E-state index contributed by atoms with van der Waals surface area (Å²) in [5.74, 6) is -0.467. The summed E-state index contributed by atoms with van der Waals surface area (Å²) in [6.07, 6.45) is 1.47. The Balaban J connectivity index is 2.18. The van der Waals surface area contributed by atoms with Gasteiger partial charge in [0, 0.05) is 28.0 Å². The van der Waals surface area contributed by atoms with Crippen LogP contribution in [-0.4, -0.2) is 23.0 Å². The number of nitrogens with zero attached hydrogens (tertiary/aromatic N) is 2. The summed E-state index contributed by atoms with van der Waals surface area (Å²) in [4.78, 5) is 20.8. The van der Waals surface area contributed by atoms with Crippen LogP contribution in [0.5, 0.6) is 0 Å². The van der Waals surface area contributed by atoms with Crippen LogP contribution in [0.15, 0.2) is 36.5 Å². The van der Waals surface area contributed by atoms with E-state index in [1.807, 2.05) is 44.2 Å². The van der Waals surface area contributed by atoms with Crippen molar-refractivity contribution in [2.75, 3.05) is 12.4 Å². The summed E-state index contributed by atoms with van der Waals surface area (Å²) >= 11 is 6.19. The van der Waals surface area contributed by atoms with Crippen LogP contribution in [-0.2, 0) is 4.74 Å². The molecule has 0 amide bonds. The Kier molecular flexibility index (Phi) is 4.36. The third kappa shape index (κ3) is 3.03. The molecule has 0 bridgehead atoms. The van der Waals surface area contributed by atoms with Crippen molar-refractivity contribution in [3.8, 4) is 0 Å². The molecule has 6 heteroatoms. The van der Waals surface area contributed by atoms with E-state index in [2.05, 4.69) is 15.3 Å². The number of hydrogen-bond donors (Lipinski definition) is 1. The lowest BCUT2D eigenvalue weighted by Crippen LogP contribution is -2.08. The highest BCUT2D eigenvalue weighted by atomic mass is 35.5. The Labute approximate surface area is 144 Å². The number of aryl methyl sites for hydroxylation is 2. The molecule has 0 spiro atoms. The van der Waals surface area contributed by atoms with Crippen molar-refractivity contribution >= 4 is 40.0 Å². The summed E-state index contributed by atoms with van der Waals surface area (Å²) in [6, 6.07) is 9.38. The molecule has 0 radical (unpaired) electrons. The second kappa shape index (κ2) is 6.45. The van der Waals surface area contributed by atoms with Gasteiger partial charge in [-0.1, -0.05) is 17.7 Å². The Morgan fingerprint density at radius 3 is 2.71 bits per heavy atom. The Bertz CT molecular complexity index is 941. The van der Waals surface area contributed by atoms with Gasteiger partial charge in [-0.15, -0.1) is 0 Å². The largest absolute Gasteiger partial charge is 0.465 e. The normalized spacial score (nSPS) is 10.7. The van der Waals surface area contributed by atoms with Crippen LogP contribution in [0.25, 0.3) is 11.0 Å². The SMILES string of the molecule is COC(=O)c1cnc2nc(C)ccc2c1Nc1ccc(C)c(Cl)c1. The number of benzene rings is 1. The molecule has 122 valence electrons. The summed E-state index contributed by atoms with van der Waals surface area (Å²) in [5, 5.41) is 4.63. The highest BCUT2D eigenvalue weighted by Gasteiger charge is 2.17. The number of pyridine rings is 2. The first kappa shape index (κ1) is 16.2. The molecule has 0 aliphatic heterocycles. The van der Waals surface area contributed by atoms with Crippen LogP contribution in [0.3, 0.4) is 0 Å². The van der Waals surface area contributed by atoms with Crippen LogP contribution >= 0.6 is 11.6 Å². The van der Waals surface area contributed by atoms with Gasteiger partial charge in [0.25, 0.3) is 0 Å². The Hall–Kier alpha value is -2.66. The Morgan fingerprint density at radius 1 is 1.21 bits per heavy atom. The number of aromatic nitrogens is 2. The summed E-state index contributed by atoms with van der Waals surface area (Å²) in [6.45, 7) is 3.82. The van der Waals surface area contributed by atoms with Gasteiger partial charge in [-0.25, -0.2) is 14.8 Å². The first-order valence-electron chi connectivity index (χ1n) is 7.37. The van der Waals surface area contributed by atoms with E-state index in [-0.39, 0.29) is 0 Å². The molecule has 0 atom stereocenters.